The van der Waals surface area contributed by atoms with Crippen molar-refractivity contribution in [3.63, 3.8) is 0 Å². The molecule has 1 amide bonds. The molecule has 2 N–H and O–H groups in total. The Morgan fingerprint density at radius 1 is 1.36 bits per heavy atom. The van der Waals surface area contributed by atoms with E-state index in [2.05, 4.69) is 21.3 Å². The van der Waals surface area contributed by atoms with Gasteiger partial charge in [0.25, 0.3) is 11.6 Å². The van der Waals surface area contributed by atoms with Gasteiger partial charge in [0.15, 0.2) is 6.61 Å². The standard InChI is InChI=1S/C14H12F3N3O5/c1-2-5-18-12(21)8-25-13(22)7-19-10-4-3-9(14(15,16)17)6-11(10)20(23)24/h1,3-4,6,19H,5,7-8H2,(H,18,21). The molecule has 25 heavy (non-hydrogen) atoms. The Morgan fingerprint density at radius 3 is 2.60 bits per heavy atom. The van der Waals surface area contributed by atoms with Crippen molar-refractivity contribution < 1.29 is 32.4 Å². The molecule has 1 rings (SSSR count). The Balaban J connectivity index is 2.68. The first kappa shape index (κ1) is 19.8. The second-order valence-electron chi connectivity index (χ2n) is 4.48. The summed E-state index contributed by atoms with van der Waals surface area (Å²) in [5, 5.41) is 15.4. The lowest BCUT2D eigenvalue weighted by atomic mass is 10.1. The highest BCUT2D eigenvalue weighted by molar-refractivity contribution is 5.82. The second-order valence-corrected chi connectivity index (χ2v) is 4.48. The molecule has 0 spiro atoms. The number of nitro benzene ring substituents is 1. The summed E-state index contributed by atoms with van der Waals surface area (Å²) in [6.07, 6.45) is 0.171. The Bertz CT molecular complexity index is 713. The van der Waals surface area contributed by atoms with Crippen LogP contribution >= 0.6 is 0 Å². The molecule has 0 saturated carbocycles. The fraction of sp³-hybridized carbons (Fsp3) is 0.286. The topological polar surface area (TPSA) is 111 Å². The monoisotopic (exact) mass is 359 g/mol. The van der Waals surface area contributed by atoms with E-state index in [1.807, 2.05) is 0 Å². The molecule has 0 aliphatic heterocycles. The van der Waals surface area contributed by atoms with Gasteiger partial charge in [0.2, 0.25) is 0 Å². The van der Waals surface area contributed by atoms with E-state index < -0.39 is 47.4 Å². The number of benzene rings is 1. The third-order valence-corrected chi connectivity index (χ3v) is 2.70. The number of halogens is 3. The van der Waals surface area contributed by atoms with E-state index >= 15 is 0 Å². The summed E-state index contributed by atoms with van der Waals surface area (Å²) in [5.41, 5.74) is -2.35. The van der Waals surface area contributed by atoms with Crippen LogP contribution in [0, 0.1) is 22.5 Å². The molecular formula is C14H12F3N3O5. The zero-order valence-corrected chi connectivity index (χ0v) is 12.6. The number of terminal acetylenes is 1. The number of esters is 1. The lowest BCUT2D eigenvalue weighted by Gasteiger charge is -2.10. The molecular weight excluding hydrogens is 347 g/mol. The molecule has 0 heterocycles. The molecule has 0 fully saturated rings. The molecule has 0 atom stereocenters. The van der Waals surface area contributed by atoms with Crippen LogP contribution in [0.5, 0.6) is 0 Å². The van der Waals surface area contributed by atoms with Gasteiger partial charge in [0.05, 0.1) is 17.0 Å². The number of alkyl halides is 3. The fourth-order valence-electron chi connectivity index (χ4n) is 1.57. The average Bonchev–Trinajstić information content (AvgIpc) is 2.54. The van der Waals surface area contributed by atoms with E-state index in [0.717, 1.165) is 6.07 Å². The Labute approximate surface area is 139 Å². The van der Waals surface area contributed by atoms with Crippen LogP contribution in [0.3, 0.4) is 0 Å². The first-order valence-corrected chi connectivity index (χ1v) is 6.60. The van der Waals surface area contributed by atoms with Crippen molar-refractivity contribution in [2.75, 3.05) is 25.0 Å². The maximum absolute atomic E-state index is 12.6. The summed E-state index contributed by atoms with van der Waals surface area (Å²) in [4.78, 5) is 32.5. The van der Waals surface area contributed by atoms with Crippen LogP contribution < -0.4 is 10.6 Å². The smallest absolute Gasteiger partial charge is 0.416 e. The largest absolute Gasteiger partial charge is 0.454 e. The normalized spacial score (nSPS) is 10.5. The first-order valence-electron chi connectivity index (χ1n) is 6.60. The zero-order valence-electron chi connectivity index (χ0n) is 12.6. The molecule has 0 radical (unpaired) electrons. The number of hydrogen-bond donors (Lipinski definition) is 2. The average molecular weight is 359 g/mol. The predicted molar refractivity (Wildman–Crippen MR) is 79.4 cm³/mol. The molecule has 0 saturated heterocycles. The lowest BCUT2D eigenvalue weighted by molar-refractivity contribution is -0.384. The van der Waals surface area contributed by atoms with Gasteiger partial charge in [-0.2, -0.15) is 13.2 Å². The number of rotatable bonds is 7. The molecule has 0 aromatic heterocycles. The number of nitrogens with one attached hydrogen (secondary N) is 2. The molecule has 8 nitrogen and oxygen atoms in total. The number of anilines is 1. The second kappa shape index (κ2) is 8.53. The molecule has 1 aromatic carbocycles. The summed E-state index contributed by atoms with van der Waals surface area (Å²) < 4.78 is 42.3. The van der Waals surface area contributed by atoms with Gasteiger partial charge in [-0.1, -0.05) is 5.92 Å². The summed E-state index contributed by atoms with van der Waals surface area (Å²) in [7, 11) is 0. The van der Waals surface area contributed by atoms with Crippen LogP contribution in [0.4, 0.5) is 24.5 Å². The maximum Gasteiger partial charge on any atom is 0.416 e. The molecule has 134 valence electrons. The Morgan fingerprint density at radius 2 is 2.04 bits per heavy atom. The van der Waals surface area contributed by atoms with Gasteiger partial charge in [0.1, 0.15) is 12.2 Å². The molecule has 0 unspecified atom stereocenters. The SMILES string of the molecule is C#CCNC(=O)COC(=O)CNc1ccc(C(F)(F)F)cc1[N+](=O)[O-]. The Hall–Kier alpha value is -3.29. The summed E-state index contributed by atoms with van der Waals surface area (Å²) in [6.45, 7) is -1.25. The van der Waals surface area contributed by atoms with Gasteiger partial charge < -0.3 is 15.4 Å². The molecule has 0 aliphatic rings. The highest BCUT2D eigenvalue weighted by Gasteiger charge is 2.33. The van der Waals surface area contributed by atoms with Crippen LogP contribution in [0.15, 0.2) is 18.2 Å². The number of carbonyl (C=O) groups is 2. The van der Waals surface area contributed by atoms with E-state index in [1.54, 1.807) is 0 Å². The zero-order chi connectivity index (χ0) is 19.0. The van der Waals surface area contributed by atoms with Crippen LogP contribution in [0.1, 0.15) is 5.56 Å². The quantitative estimate of drug-likeness (QED) is 0.329. The van der Waals surface area contributed by atoms with Gasteiger partial charge in [-0.15, -0.1) is 6.42 Å². The van der Waals surface area contributed by atoms with E-state index in [9.17, 15) is 32.9 Å². The van der Waals surface area contributed by atoms with Crippen LogP contribution in [0.25, 0.3) is 0 Å². The van der Waals surface area contributed by atoms with Crippen molar-refractivity contribution in [1.82, 2.24) is 5.32 Å². The third kappa shape index (κ3) is 6.38. The molecule has 0 aliphatic carbocycles. The third-order valence-electron chi connectivity index (χ3n) is 2.70. The van der Waals surface area contributed by atoms with Crippen molar-refractivity contribution in [1.29, 1.82) is 0 Å². The minimum atomic E-state index is -4.74. The van der Waals surface area contributed by atoms with E-state index in [4.69, 9.17) is 6.42 Å². The highest BCUT2D eigenvalue weighted by Crippen LogP contribution is 2.34. The number of nitrogens with zero attached hydrogens (tertiary/aromatic N) is 1. The fourth-order valence-corrected chi connectivity index (χ4v) is 1.57. The first-order chi connectivity index (χ1) is 11.6. The minimum absolute atomic E-state index is 0.0492. The highest BCUT2D eigenvalue weighted by atomic mass is 19.4. The summed E-state index contributed by atoms with van der Waals surface area (Å²) in [6, 6.07) is 1.81. The molecule has 11 heteroatoms. The number of hydrogen-bond acceptors (Lipinski definition) is 6. The van der Waals surface area contributed by atoms with Gasteiger partial charge in [-0.25, -0.2) is 0 Å². The van der Waals surface area contributed by atoms with Gasteiger partial charge >= 0.3 is 12.1 Å². The Kier molecular flexibility index (Phi) is 6.74. The lowest BCUT2D eigenvalue weighted by Crippen LogP contribution is -2.30. The van der Waals surface area contributed by atoms with E-state index in [-0.39, 0.29) is 12.2 Å². The summed E-state index contributed by atoms with van der Waals surface area (Å²) in [5.74, 6) is 0.550. The number of carbonyl (C=O) groups excluding carboxylic acids is 2. The van der Waals surface area contributed by atoms with Gasteiger partial charge in [-0.05, 0) is 12.1 Å². The van der Waals surface area contributed by atoms with Crippen LogP contribution in [-0.4, -0.2) is 36.5 Å². The van der Waals surface area contributed by atoms with Gasteiger partial charge in [-0.3, -0.25) is 19.7 Å². The summed E-state index contributed by atoms with van der Waals surface area (Å²) >= 11 is 0. The number of amides is 1. The maximum atomic E-state index is 12.6. The number of nitro groups is 1. The van der Waals surface area contributed by atoms with Crippen LogP contribution in [0.2, 0.25) is 0 Å². The van der Waals surface area contributed by atoms with Crippen LogP contribution in [-0.2, 0) is 20.5 Å². The van der Waals surface area contributed by atoms with Crippen molar-refractivity contribution in [2.24, 2.45) is 0 Å². The van der Waals surface area contributed by atoms with E-state index in [0.29, 0.717) is 12.1 Å². The molecule has 0 bridgehead atoms. The predicted octanol–water partition coefficient (Wildman–Crippen LogP) is 1.32. The van der Waals surface area contributed by atoms with E-state index in [1.165, 1.54) is 0 Å². The van der Waals surface area contributed by atoms with Crippen molar-refractivity contribution in [2.45, 2.75) is 6.18 Å². The van der Waals surface area contributed by atoms with Crippen molar-refractivity contribution in [3.8, 4) is 12.3 Å². The number of ether oxygens (including phenoxy) is 1. The van der Waals surface area contributed by atoms with Crippen molar-refractivity contribution in [3.05, 3.63) is 33.9 Å². The van der Waals surface area contributed by atoms with Gasteiger partial charge in [0, 0.05) is 6.07 Å². The molecule has 1 aromatic rings. The minimum Gasteiger partial charge on any atom is -0.454 e. The van der Waals surface area contributed by atoms with Crippen molar-refractivity contribution >= 4 is 23.3 Å².